The van der Waals surface area contributed by atoms with Crippen LogP contribution in [0.15, 0.2) is 46.2 Å². The number of nitrogens with zero attached hydrogens (tertiary/aromatic N) is 5. The smallest absolute Gasteiger partial charge is 0.326 e. The molecule has 9 heteroatoms. The van der Waals surface area contributed by atoms with Gasteiger partial charge in [-0.15, -0.1) is 0 Å². The van der Waals surface area contributed by atoms with Gasteiger partial charge in [0, 0.05) is 23.3 Å². The Morgan fingerprint density at radius 1 is 1.17 bits per heavy atom. The quantitative estimate of drug-likeness (QED) is 0.492. The van der Waals surface area contributed by atoms with Crippen LogP contribution in [0.3, 0.4) is 0 Å². The highest BCUT2D eigenvalue weighted by molar-refractivity contribution is 6.04. The summed E-state index contributed by atoms with van der Waals surface area (Å²) in [7, 11) is 1.61. The molecule has 5 aromatic rings. The largest absolute Gasteiger partial charge is 0.496 e. The van der Waals surface area contributed by atoms with Gasteiger partial charge in [0.1, 0.15) is 11.5 Å². The first-order valence-electron chi connectivity index (χ1n) is 9.34. The van der Waals surface area contributed by atoms with Crippen LogP contribution in [0, 0.1) is 13.8 Å². The molecule has 1 aromatic carbocycles. The maximum atomic E-state index is 12.7. The summed E-state index contributed by atoms with van der Waals surface area (Å²) in [6.45, 7) is 4.04. The van der Waals surface area contributed by atoms with E-state index in [0.29, 0.717) is 29.3 Å². The first kappa shape index (κ1) is 18.0. The fraction of sp³-hybridized carbons (Fsp3) is 0.190. The monoisotopic (exact) mass is 402 g/mol. The number of fused-ring (bicyclic) bond motifs is 3. The number of H-pyrrole nitrogens is 1. The number of hydrogen-bond donors (Lipinski definition) is 1. The molecule has 1 N–H and O–H groups in total. The van der Waals surface area contributed by atoms with Crippen LogP contribution < -0.4 is 10.4 Å². The Labute approximate surface area is 170 Å². The molecule has 0 saturated carbocycles. The first-order chi connectivity index (χ1) is 14.6. The van der Waals surface area contributed by atoms with Crippen LogP contribution in [0.25, 0.3) is 33.1 Å². The number of pyridine rings is 1. The molecule has 5 rings (SSSR count). The molecule has 0 spiro atoms. The fourth-order valence-corrected chi connectivity index (χ4v) is 3.83. The Morgan fingerprint density at radius 3 is 2.73 bits per heavy atom. The lowest BCUT2D eigenvalue weighted by atomic mass is 10.0. The molecule has 30 heavy (non-hydrogen) atoms. The summed E-state index contributed by atoms with van der Waals surface area (Å²) in [6.07, 6.45) is 6.51. The van der Waals surface area contributed by atoms with E-state index in [1.165, 1.54) is 0 Å². The molecule has 0 bridgehead atoms. The molecule has 0 unspecified atom stereocenters. The van der Waals surface area contributed by atoms with Crippen molar-refractivity contribution < 1.29 is 9.26 Å². The standard InChI is InChI=1S/C21H18N6O3/c1-11-19(12(2)30-26-11)15-6-16-14(7-18(15)29-3)20-17(9-24-16)25-21(28)27(20)10-13-8-22-4-5-23-13/h4-9H,10H2,1-3H3,(H,25,28). The fourth-order valence-electron chi connectivity index (χ4n) is 3.83. The topological polar surface area (TPSA) is 112 Å². The summed E-state index contributed by atoms with van der Waals surface area (Å²) >= 11 is 0. The predicted molar refractivity (Wildman–Crippen MR) is 111 cm³/mol. The molecule has 9 nitrogen and oxygen atoms in total. The van der Waals surface area contributed by atoms with Gasteiger partial charge in [-0.1, -0.05) is 5.16 Å². The van der Waals surface area contributed by atoms with E-state index in [2.05, 4.69) is 25.1 Å². The van der Waals surface area contributed by atoms with Crippen LogP contribution in [0.4, 0.5) is 0 Å². The normalized spacial score (nSPS) is 11.4. The molecule has 0 saturated heterocycles. The van der Waals surface area contributed by atoms with Crippen molar-refractivity contribution in [2.45, 2.75) is 20.4 Å². The maximum absolute atomic E-state index is 12.7. The van der Waals surface area contributed by atoms with Crippen LogP contribution in [0.5, 0.6) is 5.75 Å². The molecule has 0 radical (unpaired) electrons. The summed E-state index contributed by atoms with van der Waals surface area (Å²) in [5.74, 6) is 1.35. The third kappa shape index (κ3) is 2.74. The van der Waals surface area contributed by atoms with E-state index in [9.17, 15) is 4.79 Å². The lowest BCUT2D eigenvalue weighted by Crippen LogP contribution is -2.18. The second-order valence-corrected chi connectivity index (χ2v) is 7.00. The van der Waals surface area contributed by atoms with Crippen molar-refractivity contribution in [3.8, 4) is 16.9 Å². The van der Waals surface area contributed by atoms with Gasteiger partial charge in [0.25, 0.3) is 0 Å². The number of ether oxygens (including phenoxy) is 1. The highest BCUT2D eigenvalue weighted by Gasteiger charge is 2.20. The molecule has 0 aliphatic rings. The van der Waals surface area contributed by atoms with Crippen molar-refractivity contribution in [1.82, 2.24) is 29.7 Å². The van der Waals surface area contributed by atoms with E-state index in [4.69, 9.17) is 9.26 Å². The Kier molecular flexibility index (Phi) is 4.09. The summed E-state index contributed by atoms with van der Waals surface area (Å²) in [5, 5.41) is 4.84. The molecule has 4 aromatic heterocycles. The Balaban J connectivity index is 1.79. The number of hydrogen-bond acceptors (Lipinski definition) is 7. The third-order valence-electron chi connectivity index (χ3n) is 5.16. The summed E-state index contributed by atoms with van der Waals surface area (Å²) in [5.41, 5.74) is 5.04. The van der Waals surface area contributed by atoms with E-state index >= 15 is 0 Å². The number of aryl methyl sites for hydroxylation is 2. The van der Waals surface area contributed by atoms with Crippen LogP contribution in [0.1, 0.15) is 17.1 Å². The SMILES string of the molecule is COc1cc2c(cc1-c1c(C)noc1C)ncc1[nH]c(=O)n(Cc3cnccn3)c12. The minimum Gasteiger partial charge on any atom is -0.496 e. The van der Waals surface area contributed by atoms with Gasteiger partial charge in [-0.05, 0) is 26.0 Å². The Morgan fingerprint density at radius 2 is 2.03 bits per heavy atom. The lowest BCUT2D eigenvalue weighted by Gasteiger charge is -2.12. The predicted octanol–water partition coefficient (Wildman–Crippen LogP) is 3.00. The maximum Gasteiger partial charge on any atom is 0.326 e. The number of aromatic amines is 1. The number of nitrogens with one attached hydrogen (secondary N) is 1. The molecular weight excluding hydrogens is 384 g/mol. The average Bonchev–Trinajstić information content (AvgIpc) is 3.26. The van der Waals surface area contributed by atoms with Crippen LogP contribution >= 0.6 is 0 Å². The molecule has 4 heterocycles. The van der Waals surface area contributed by atoms with Gasteiger partial charge < -0.3 is 14.2 Å². The van der Waals surface area contributed by atoms with Gasteiger partial charge in [0.15, 0.2) is 0 Å². The van der Waals surface area contributed by atoms with Gasteiger partial charge in [0.05, 0.1) is 59.5 Å². The summed E-state index contributed by atoms with van der Waals surface area (Å²) in [4.78, 5) is 28.5. The second-order valence-electron chi connectivity index (χ2n) is 7.00. The number of methoxy groups -OCH3 is 1. The Bertz CT molecular complexity index is 1430. The van der Waals surface area contributed by atoms with Crippen LogP contribution in [-0.2, 0) is 6.54 Å². The van der Waals surface area contributed by atoms with Crippen molar-refractivity contribution in [3.63, 3.8) is 0 Å². The average molecular weight is 402 g/mol. The molecular formula is C21H18N6O3. The first-order valence-corrected chi connectivity index (χ1v) is 9.34. The minimum atomic E-state index is -0.237. The van der Waals surface area contributed by atoms with Crippen molar-refractivity contribution in [2.75, 3.05) is 7.11 Å². The number of imidazole rings is 1. The zero-order valence-corrected chi connectivity index (χ0v) is 16.6. The zero-order chi connectivity index (χ0) is 20.8. The summed E-state index contributed by atoms with van der Waals surface area (Å²) < 4.78 is 12.7. The third-order valence-corrected chi connectivity index (χ3v) is 5.16. The van der Waals surface area contributed by atoms with E-state index in [1.54, 1.807) is 36.5 Å². The van der Waals surface area contributed by atoms with Gasteiger partial charge >= 0.3 is 5.69 Å². The highest BCUT2D eigenvalue weighted by atomic mass is 16.5. The van der Waals surface area contributed by atoms with E-state index in [0.717, 1.165) is 33.2 Å². The van der Waals surface area contributed by atoms with Crippen molar-refractivity contribution >= 4 is 21.9 Å². The van der Waals surface area contributed by atoms with Crippen LogP contribution in [-0.4, -0.2) is 36.8 Å². The van der Waals surface area contributed by atoms with Gasteiger partial charge in [-0.2, -0.15) is 0 Å². The van der Waals surface area contributed by atoms with Crippen molar-refractivity contribution in [3.05, 3.63) is 64.6 Å². The Hall–Kier alpha value is -4.01. The van der Waals surface area contributed by atoms with Gasteiger partial charge in [0.2, 0.25) is 0 Å². The second kappa shape index (κ2) is 6.80. The summed E-state index contributed by atoms with van der Waals surface area (Å²) in [6, 6.07) is 3.83. The van der Waals surface area contributed by atoms with E-state index < -0.39 is 0 Å². The molecule has 0 aliphatic heterocycles. The van der Waals surface area contributed by atoms with Crippen LogP contribution in [0.2, 0.25) is 0 Å². The number of rotatable bonds is 4. The number of benzene rings is 1. The molecule has 0 atom stereocenters. The molecule has 150 valence electrons. The highest BCUT2D eigenvalue weighted by Crippen LogP contribution is 2.38. The lowest BCUT2D eigenvalue weighted by molar-refractivity contribution is 0.393. The van der Waals surface area contributed by atoms with E-state index in [-0.39, 0.29) is 5.69 Å². The van der Waals surface area contributed by atoms with Crippen molar-refractivity contribution in [2.24, 2.45) is 0 Å². The van der Waals surface area contributed by atoms with Gasteiger partial charge in [-0.3, -0.25) is 19.5 Å². The molecule has 0 aliphatic carbocycles. The zero-order valence-electron chi connectivity index (χ0n) is 16.6. The minimum absolute atomic E-state index is 0.237. The van der Waals surface area contributed by atoms with E-state index in [1.807, 2.05) is 26.0 Å². The molecule has 0 amide bonds. The number of aromatic nitrogens is 6. The molecule has 0 fully saturated rings. The van der Waals surface area contributed by atoms with Gasteiger partial charge in [-0.25, -0.2) is 4.79 Å². The van der Waals surface area contributed by atoms with Crippen molar-refractivity contribution in [1.29, 1.82) is 0 Å².